The molecule has 2 rings (SSSR count). The van der Waals surface area contributed by atoms with Gasteiger partial charge in [0.1, 0.15) is 11.4 Å². The van der Waals surface area contributed by atoms with E-state index in [1.807, 2.05) is 0 Å². The van der Waals surface area contributed by atoms with Gasteiger partial charge in [-0.2, -0.15) is 0 Å². The van der Waals surface area contributed by atoms with Crippen molar-refractivity contribution >= 4 is 34.9 Å². The van der Waals surface area contributed by atoms with Gasteiger partial charge in [0, 0.05) is 18.4 Å². The molecule has 2 N–H and O–H groups in total. The van der Waals surface area contributed by atoms with Gasteiger partial charge in [-0.3, -0.25) is 0 Å². The van der Waals surface area contributed by atoms with Crippen molar-refractivity contribution in [2.45, 2.75) is 12.5 Å². The van der Waals surface area contributed by atoms with Crippen molar-refractivity contribution in [3.8, 4) is 0 Å². The zero-order chi connectivity index (χ0) is 17.7. The molecule has 0 spiro atoms. The molecule has 0 saturated heterocycles. The molecule has 0 saturated carbocycles. The van der Waals surface area contributed by atoms with Crippen LogP contribution in [-0.4, -0.2) is 19.7 Å². The van der Waals surface area contributed by atoms with Crippen molar-refractivity contribution < 1.29 is 13.9 Å². The summed E-state index contributed by atoms with van der Waals surface area (Å²) in [6.07, 6.45) is 0. The maximum atomic E-state index is 14.0. The molecule has 1 unspecified atom stereocenters. The highest BCUT2D eigenvalue weighted by molar-refractivity contribution is 6.42. The first kappa shape index (κ1) is 18.5. The summed E-state index contributed by atoms with van der Waals surface area (Å²) in [6.45, 7) is 1.78. The van der Waals surface area contributed by atoms with Crippen LogP contribution in [0.5, 0.6) is 0 Å². The first-order chi connectivity index (χ1) is 11.4. The predicted molar refractivity (Wildman–Crippen MR) is 94.2 cm³/mol. The van der Waals surface area contributed by atoms with Crippen LogP contribution in [0.3, 0.4) is 0 Å². The fourth-order valence-electron chi connectivity index (χ4n) is 2.17. The zero-order valence-electron chi connectivity index (χ0n) is 13.2. The number of halogens is 3. The highest BCUT2D eigenvalue weighted by Crippen LogP contribution is 2.27. The van der Waals surface area contributed by atoms with Crippen molar-refractivity contribution in [2.75, 3.05) is 19.0 Å². The molecule has 24 heavy (non-hydrogen) atoms. The Labute approximate surface area is 149 Å². The number of carbonyl (C=O) groups is 1. The Hall–Kier alpha value is -1.82. The molecule has 4 nitrogen and oxygen atoms in total. The van der Waals surface area contributed by atoms with Gasteiger partial charge in [0.25, 0.3) is 0 Å². The average molecular weight is 371 g/mol. The van der Waals surface area contributed by atoms with E-state index in [-0.39, 0.29) is 6.54 Å². The second kappa shape index (κ2) is 7.83. The molecule has 0 aliphatic rings. The van der Waals surface area contributed by atoms with Crippen molar-refractivity contribution in [3.05, 3.63) is 63.9 Å². The van der Waals surface area contributed by atoms with Crippen molar-refractivity contribution in [1.29, 1.82) is 0 Å². The van der Waals surface area contributed by atoms with Gasteiger partial charge >= 0.3 is 6.03 Å². The van der Waals surface area contributed by atoms with E-state index in [1.54, 1.807) is 37.3 Å². The quantitative estimate of drug-likeness (QED) is 0.792. The number of anilines is 1. The second-order valence-electron chi connectivity index (χ2n) is 5.35. The highest BCUT2D eigenvalue weighted by Gasteiger charge is 2.29. The number of urea groups is 1. The second-order valence-corrected chi connectivity index (χ2v) is 6.17. The smallest absolute Gasteiger partial charge is 0.319 e. The minimum Gasteiger partial charge on any atom is -0.372 e. The lowest BCUT2D eigenvalue weighted by Crippen LogP contribution is -2.42. The monoisotopic (exact) mass is 370 g/mol. The number of rotatable bonds is 5. The summed E-state index contributed by atoms with van der Waals surface area (Å²) in [5.41, 5.74) is -0.144. The van der Waals surface area contributed by atoms with Gasteiger partial charge in [-0.05, 0) is 31.2 Å². The molecule has 2 aromatic carbocycles. The van der Waals surface area contributed by atoms with Gasteiger partial charge in [0.15, 0.2) is 0 Å². The third kappa shape index (κ3) is 4.38. The minimum atomic E-state index is -1.000. The Balaban J connectivity index is 2.03. The summed E-state index contributed by atoms with van der Waals surface area (Å²) in [6, 6.07) is 10.6. The molecule has 1 atom stereocenters. The fraction of sp³-hybridized carbons (Fsp3) is 0.235. The van der Waals surface area contributed by atoms with Crippen molar-refractivity contribution in [1.82, 2.24) is 5.32 Å². The zero-order valence-corrected chi connectivity index (χ0v) is 14.7. The Morgan fingerprint density at radius 1 is 1.21 bits per heavy atom. The van der Waals surface area contributed by atoms with E-state index in [0.717, 1.165) is 0 Å². The maximum absolute atomic E-state index is 14.0. The van der Waals surface area contributed by atoms with E-state index in [0.29, 0.717) is 21.3 Å². The van der Waals surface area contributed by atoms with Crippen LogP contribution in [0.4, 0.5) is 14.9 Å². The number of hydrogen-bond donors (Lipinski definition) is 2. The molecule has 0 heterocycles. The van der Waals surface area contributed by atoms with E-state index in [9.17, 15) is 9.18 Å². The SMILES string of the molecule is COC(C)(CNC(=O)Nc1ccc(Cl)c(Cl)c1)c1ccccc1F. The topological polar surface area (TPSA) is 50.4 Å². The third-order valence-electron chi connectivity index (χ3n) is 3.66. The molecule has 128 valence electrons. The van der Waals surface area contributed by atoms with Crippen LogP contribution in [0.15, 0.2) is 42.5 Å². The third-order valence-corrected chi connectivity index (χ3v) is 4.40. The molecule has 0 aliphatic carbocycles. The van der Waals surface area contributed by atoms with Gasteiger partial charge < -0.3 is 15.4 Å². The van der Waals surface area contributed by atoms with Gasteiger partial charge in [-0.25, -0.2) is 9.18 Å². The highest BCUT2D eigenvalue weighted by atomic mass is 35.5. The summed E-state index contributed by atoms with van der Waals surface area (Å²) in [7, 11) is 1.46. The first-order valence-corrected chi connectivity index (χ1v) is 7.91. The normalized spacial score (nSPS) is 13.2. The van der Waals surface area contributed by atoms with Crippen LogP contribution in [0, 0.1) is 5.82 Å². The van der Waals surface area contributed by atoms with Crippen LogP contribution in [0.1, 0.15) is 12.5 Å². The van der Waals surface area contributed by atoms with Gasteiger partial charge in [0.2, 0.25) is 0 Å². The number of benzene rings is 2. The molecule has 0 radical (unpaired) electrons. The average Bonchev–Trinajstić information content (AvgIpc) is 2.56. The first-order valence-electron chi connectivity index (χ1n) is 7.16. The number of hydrogen-bond acceptors (Lipinski definition) is 2. The molecule has 0 aliphatic heterocycles. The standard InChI is InChI=1S/C17H17Cl2FN2O2/c1-17(24-2,12-5-3-4-6-15(12)20)10-21-16(23)22-11-7-8-13(18)14(19)9-11/h3-9H,10H2,1-2H3,(H2,21,22,23). The van der Waals surface area contributed by atoms with Crippen LogP contribution >= 0.6 is 23.2 Å². The molecule has 2 aromatic rings. The van der Waals surface area contributed by atoms with E-state index in [1.165, 1.54) is 19.2 Å². The fourth-order valence-corrected chi connectivity index (χ4v) is 2.46. The van der Waals surface area contributed by atoms with E-state index in [4.69, 9.17) is 27.9 Å². The number of ether oxygens (including phenoxy) is 1. The number of methoxy groups -OCH3 is 1. The Bertz CT molecular complexity index is 742. The van der Waals surface area contributed by atoms with Crippen LogP contribution in [0.25, 0.3) is 0 Å². The van der Waals surface area contributed by atoms with Gasteiger partial charge in [0.05, 0.1) is 16.6 Å². The Kier molecular flexibility index (Phi) is 6.04. The predicted octanol–water partition coefficient (Wildman–Crippen LogP) is 4.82. The minimum absolute atomic E-state index is 0.0809. The largest absolute Gasteiger partial charge is 0.372 e. The Morgan fingerprint density at radius 3 is 2.54 bits per heavy atom. The summed E-state index contributed by atoms with van der Waals surface area (Å²) in [4.78, 5) is 12.0. The number of nitrogens with one attached hydrogen (secondary N) is 2. The summed E-state index contributed by atoms with van der Waals surface area (Å²) in [5.74, 6) is -0.395. The van der Waals surface area contributed by atoms with Crippen LogP contribution in [0.2, 0.25) is 10.0 Å². The van der Waals surface area contributed by atoms with Gasteiger partial charge in [-0.1, -0.05) is 41.4 Å². The van der Waals surface area contributed by atoms with Gasteiger partial charge in [-0.15, -0.1) is 0 Å². The lowest BCUT2D eigenvalue weighted by Gasteiger charge is -2.29. The Morgan fingerprint density at radius 2 is 1.92 bits per heavy atom. The molecular formula is C17H17Cl2FN2O2. The van der Waals surface area contributed by atoms with Crippen molar-refractivity contribution in [2.24, 2.45) is 0 Å². The summed E-state index contributed by atoms with van der Waals surface area (Å²) in [5, 5.41) is 6.03. The molecular weight excluding hydrogens is 354 g/mol. The lowest BCUT2D eigenvalue weighted by molar-refractivity contribution is 0.00235. The summed E-state index contributed by atoms with van der Waals surface area (Å²) >= 11 is 11.7. The van der Waals surface area contributed by atoms with Crippen LogP contribution in [-0.2, 0) is 10.3 Å². The molecule has 0 bridgehead atoms. The van der Waals surface area contributed by atoms with E-state index >= 15 is 0 Å². The molecule has 7 heteroatoms. The van der Waals surface area contributed by atoms with Crippen molar-refractivity contribution in [3.63, 3.8) is 0 Å². The molecule has 2 amide bonds. The lowest BCUT2D eigenvalue weighted by atomic mass is 9.95. The number of carbonyl (C=O) groups excluding carboxylic acids is 1. The number of amides is 2. The van der Waals surface area contributed by atoms with E-state index in [2.05, 4.69) is 10.6 Å². The van der Waals surface area contributed by atoms with Crippen LogP contribution < -0.4 is 10.6 Å². The molecule has 0 aromatic heterocycles. The van der Waals surface area contributed by atoms with E-state index < -0.39 is 17.4 Å². The molecule has 0 fully saturated rings. The maximum Gasteiger partial charge on any atom is 0.319 e. The summed E-state index contributed by atoms with van der Waals surface area (Å²) < 4.78 is 19.4.